The third-order valence-electron chi connectivity index (χ3n) is 8.79. The Balaban J connectivity index is 1.69. The summed E-state index contributed by atoms with van der Waals surface area (Å²) in [4.78, 5) is 25.6. The van der Waals surface area contributed by atoms with Crippen molar-refractivity contribution in [3.05, 3.63) is 99.5 Å². The quantitative estimate of drug-likeness (QED) is 0.273. The molecule has 0 spiro atoms. The van der Waals surface area contributed by atoms with E-state index in [-0.39, 0.29) is 36.0 Å². The van der Waals surface area contributed by atoms with Crippen molar-refractivity contribution in [2.75, 3.05) is 0 Å². The molecule has 1 heterocycles. The van der Waals surface area contributed by atoms with E-state index in [9.17, 15) is 23.1 Å². The Kier molecular flexibility index (Phi) is 8.01. The number of halogens is 2. The number of piperidine rings is 1. The van der Waals surface area contributed by atoms with E-state index >= 15 is 0 Å². The molecule has 4 atom stereocenters. The smallest absolute Gasteiger partial charge is 0.304 e. The number of aryl methyl sites for hydroxylation is 1. The van der Waals surface area contributed by atoms with Crippen LogP contribution in [0.15, 0.2) is 77.7 Å². The van der Waals surface area contributed by atoms with Gasteiger partial charge in [-0.25, -0.2) is 8.42 Å². The van der Waals surface area contributed by atoms with Crippen LogP contribution in [0.3, 0.4) is 0 Å². The van der Waals surface area contributed by atoms with Gasteiger partial charge in [-0.3, -0.25) is 9.59 Å². The van der Waals surface area contributed by atoms with Crippen LogP contribution >= 0.6 is 23.2 Å². The van der Waals surface area contributed by atoms with Crippen LogP contribution in [-0.2, 0) is 24.2 Å². The van der Waals surface area contributed by atoms with Crippen molar-refractivity contribution in [3.8, 4) is 0 Å². The molecule has 2 N–H and O–H groups in total. The predicted molar refractivity (Wildman–Crippen MR) is 160 cm³/mol. The molecule has 6 nitrogen and oxygen atoms in total. The molecule has 0 unspecified atom stereocenters. The van der Waals surface area contributed by atoms with Gasteiger partial charge >= 0.3 is 5.97 Å². The molecule has 3 aromatic carbocycles. The van der Waals surface area contributed by atoms with Crippen LogP contribution in [-0.4, -0.2) is 31.4 Å². The van der Waals surface area contributed by atoms with Gasteiger partial charge in [0.15, 0.2) is 9.84 Å². The highest BCUT2D eigenvalue weighted by Crippen LogP contribution is 2.57. The number of carbonyl (C=O) groups is 2. The lowest BCUT2D eigenvalue weighted by molar-refractivity contribution is -0.147. The summed E-state index contributed by atoms with van der Waals surface area (Å²) in [6.45, 7) is 3.45. The van der Waals surface area contributed by atoms with Crippen LogP contribution in [0.4, 0.5) is 0 Å². The van der Waals surface area contributed by atoms with E-state index in [0.717, 1.165) is 18.4 Å². The summed E-state index contributed by atoms with van der Waals surface area (Å²) >= 11 is 12.6. The summed E-state index contributed by atoms with van der Waals surface area (Å²) in [5.74, 6) is -2.00. The number of nitrogens with one attached hydrogen (secondary N) is 1. The highest BCUT2D eigenvalue weighted by Gasteiger charge is 2.59. The van der Waals surface area contributed by atoms with E-state index in [1.54, 1.807) is 62.4 Å². The molecule has 0 radical (unpaired) electrons. The molecule has 216 valence electrons. The number of hydrogen-bond acceptors (Lipinski definition) is 4. The molecule has 1 saturated heterocycles. The van der Waals surface area contributed by atoms with E-state index in [2.05, 4.69) is 5.32 Å². The maximum Gasteiger partial charge on any atom is 0.304 e. The second-order valence-electron chi connectivity index (χ2n) is 11.7. The fourth-order valence-corrected chi connectivity index (χ4v) is 9.58. The summed E-state index contributed by atoms with van der Waals surface area (Å²) in [7, 11) is -3.99. The summed E-state index contributed by atoms with van der Waals surface area (Å²) in [6, 6.07) is 20.7. The maximum atomic E-state index is 14.9. The summed E-state index contributed by atoms with van der Waals surface area (Å²) in [5, 5.41) is 13.7. The summed E-state index contributed by atoms with van der Waals surface area (Å²) in [5.41, 5.74) is 0.936. The lowest BCUT2D eigenvalue weighted by Crippen LogP contribution is -2.57. The monoisotopic (exact) mass is 613 g/mol. The minimum Gasteiger partial charge on any atom is -0.481 e. The number of sulfone groups is 1. The summed E-state index contributed by atoms with van der Waals surface area (Å²) < 4.78 is 28.5. The summed E-state index contributed by atoms with van der Waals surface area (Å²) in [6.07, 6.45) is 1.47. The zero-order valence-corrected chi connectivity index (χ0v) is 25.3. The molecule has 41 heavy (non-hydrogen) atoms. The molecule has 1 aliphatic carbocycles. The van der Waals surface area contributed by atoms with Crippen molar-refractivity contribution in [2.24, 2.45) is 11.3 Å². The third kappa shape index (κ3) is 5.52. The molecule has 2 fully saturated rings. The Morgan fingerprint density at radius 2 is 1.71 bits per heavy atom. The van der Waals surface area contributed by atoms with Gasteiger partial charge in [-0.2, -0.15) is 0 Å². The number of rotatable bonds is 9. The Labute approximate surface area is 251 Å². The first kappa shape index (κ1) is 29.6. The highest BCUT2D eigenvalue weighted by atomic mass is 35.5. The van der Waals surface area contributed by atoms with E-state index in [1.807, 2.05) is 24.3 Å². The highest BCUT2D eigenvalue weighted by molar-refractivity contribution is 7.92. The van der Waals surface area contributed by atoms with Gasteiger partial charge in [0.05, 0.1) is 16.7 Å². The number of amides is 1. The zero-order chi connectivity index (χ0) is 29.6. The largest absolute Gasteiger partial charge is 0.481 e. The fraction of sp³-hybridized carbons (Fsp3) is 0.375. The minimum absolute atomic E-state index is 0.113. The predicted octanol–water partition coefficient (Wildman–Crippen LogP) is 6.92. The number of carboxylic acid groups (broad SMARTS) is 1. The molecular formula is C32H33Cl2NO5S. The van der Waals surface area contributed by atoms with Gasteiger partial charge in [0.1, 0.15) is 4.75 Å². The first-order valence-electron chi connectivity index (χ1n) is 13.7. The molecule has 1 amide bonds. The fourth-order valence-electron chi connectivity index (χ4n) is 6.60. The molecule has 2 aliphatic rings. The molecule has 0 aromatic heterocycles. The number of carboxylic acids is 1. The van der Waals surface area contributed by atoms with Crippen LogP contribution in [0.25, 0.3) is 0 Å². The van der Waals surface area contributed by atoms with Gasteiger partial charge < -0.3 is 10.4 Å². The Morgan fingerprint density at radius 1 is 1.02 bits per heavy atom. The van der Waals surface area contributed by atoms with Gasteiger partial charge in [-0.1, -0.05) is 72.6 Å². The normalized spacial score (nSPS) is 24.3. The molecule has 9 heteroatoms. The van der Waals surface area contributed by atoms with Gasteiger partial charge in [0.2, 0.25) is 5.91 Å². The first-order valence-corrected chi connectivity index (χ1v) is 16.0. The van der Waals surface area contributed by atoms with Crippen molar-refractivity contribution in [1.82, 2.24) is 5.32 Å². The lowest BCUT2D eigenvalue weighted by Gasteiger charge is -2.46. The zero-order valence-electron chi connectivity index (χ0n) is 22.9. The van der Waals surface area contributed by atoms with Crippen molar-refractivity contribution < 1.29 is 23.1 Å². The van der Waals surface area contributed by atoms with Crippen molar-refractivity contribution in [3.63, 3.8) is 0 Å². The van der Waals surface area contributed by atoms with Crippen LogP contribution < -0.4 is 5.32 Å². The second-order valence-corrected chi connectivity index (χ2v) is 14.8. The van der Waals surface area contributed by atoms with Crippen LogP contribution in [0, 0.1) is 18.3 Å². The second kappa shape index (κ2) is 11.1. The van der Waals surface area contributed by atoms with Crippen molar-refractivity contribution >= 4 is 44.9 Å². The molecule has 0 bridgehead atoms. The van der Waals surface area contributed by atoms with Gasteiger partial charge in [0, 0.05) is 22.0 Å². The van der Waals surface area contributed by atoms with Gasteiger partial charge in [0.25, 0.3) is 0 Å². The minimum atomic E-state index is -3.99. The molecule has 1 aliphatic heterocycles. The van der Waals surface area contributed by atoms with E-state index in [1.165, 1.54) is 0 Å². The lowest BCUT2D eigenvalue weighted by atomic mass is 9.67. The van der Waals surface area contributed by atoms with Crippen molar-refractivity contribution in [1.29, 1.82) is 0 Å². The van der Waals surface area contributed by atoms with E-state index < -0.39 is 37.9 Å². The van der Waals surface area contributed by atoms with Gasteiger partial charge in [-0.15, -0.1) is 0 Å². The van der Waals surface area contributed by atoms with E-state index in [0.29, 0.717) is 21.2 Å². The number of hydrogen-bond donors (Lipinski definition) is 2. The average molecular weight is 615 g/mol. The van der Waals surface area contributed by atoms with Gasteiger partial charge in [-0.05, 0) is 85.5 Å². The first-order chi connectivity index (χ1) is 19.4. The maximum absolute atomic E-state index is 14.9. The van der Waals surface area contributed by atoms with Crippen LogP contribution in [0.2, 0.25) is 10.0 Å². The Bertz CT molecular complexity index is 1590. The molecule has 3 aromatic rings. The number of benzene rings is 3. The Morgan fingerprint density at radius 3 is 2.32 bits per heavy atom. The molecule has 5 rings (SSSR count). The molecule has 1 saturated carbocycles. The number of carbonyl (C=O) groups excluding carboxylic acids is 1. The SMILES string of the molecule is Cc1ccccc1S(=O)(=O)[C@](C[C@@H]1NC(=O)[C@](C)(CC(=O)O)C[C@@H]1c1cccc(Cl)c1)(c1ccc(Cl)cc1)C1CC1. The topological polar surface area (TPSA) is 101 Å². The Hall–Kier alpha value is -2.87. The number of aliphatic carboxylic acids is 1. The van der Waals surface area contributed by atoms with E-state index in [4.69, 9.17) is 23.2 Å². The standard InChI is InChI=1S/C32H33Cl2NO5S/c1-20-6-3-4-9-28(20)41(39,40)32(22-10-11-22,23-12-14-24(33)15-13-23)18-27-26(21-7-5-8-25(34)16-21)17-31(2,19-29(36)37)30(38)35-27/h3-9,12-16,22,26-27H,10-11,17-19H2,1-2H3,(H,35,38)(H,36,37)/t26-,27+,31+,32+/m1/s1. The average Bonchev–Trinajstić information content (AvgIpc) is 3.75. The van der Waals surface area contributed by atoms with Crippen LogP contribution in [0.1, 0.15) is 61.6 Å². The molecular weight excluding hydrogens is 581 g/mol. The van der Waals surface area contributed by atoms with Crippen LogP contribution in [0.5, 0.6) is 0 Å². The van der Waals surface area contributed by atoms with Crippen molar-refractivity contribution in [2.45, 2.75) is 67.6 Å². The third-order valence-corrected chi connectivity index (χ3v) is 12.0.